The second kappa shape index (κ2) is 7.38. The molecule has 0 radical (unpaired) electrons. The highest BCUT2D eigenvalue weighted by Crippen LogP contribution is 2.13. The lowest BCUT2D eigenvalue weighted by molar-refractivity contribution is 0.0528. The Morgan fingerprint density at radius 1 is 0.938 bits per heavy atom. The lowest BCUT2D eigenvalue weighted by Crippen LogP contribution is -2.44. The molecule has 0 aliphatic carbocycles. The molecular weight excluding hydrogens is 289 g/mol. The average molecular weight is 315 g/mol. The van der Waals surface area contributed by atoms with Gasteiger partial charge in [0.2, 0.25) is 9.76 Å². The highest BCUT2D eigenvalue weighted by molar-refractivity contribution is 6.71. The van der Waals surface area contributed by atoms with Crippen molar-refractivity contribution in [2.24, 2.45) is 0 Å². The topological polar surface area (TPSA) is 36.9 Å². The zero-order valence-electron chi connectivity index (χ0n) is 11.6. The summed E-state index contributed by atoms with van der Waals surface area (Å²) in [6, 6.07) is 0. The molecule has 0 aromatic carbocycles. The van der Waals surface area contributed by atoms with E-state index >= 15 is 0 Å². The van der Waals surface area contributed by atoms with Crippen LogP contribution in [0.2, 0.25) is 39.3 Å². The van der Waals surface area contributed by atoms with Crippen LogP contribution >= 0.6 is 0 Å². The van der Waals surface area contributed by atoms with Gasteiger partial charge in [-0.15, -0.1) is 0 Å². The van der Waals surface area contributed by atoms with Crippen molar-refractivity contribution < 1.29 is 17.1 Å². The van der Waals surface area contributed by atoms with E-state index in [9.17, 15) is 0 Å². The zero-order valence-corrected chi connectivity index (χ0v) is 18.5. The Balaban J connectivity index is 4.17. The first-order valence-electron chi connectivity index (χ1n) is 5.56. The van der Waals surface area contributed by atoms with Gasteiger partial charge in [0.15, 0.2) is 16.6 Å². The molecule has 0 spiro atoms. The molecule has 0 saturated carbocycles. The molecule has 0 bridgehead atoms. The van der Waals surface area contributed by atoms with Crippen molar-refractivity contribution in [3.8, 4) is 0 Å². The molecule has 0 N–H and O–H groups in total. The standard InChI is InChI=1S/C7H26O4Si5/c1-15(2,3)8-7(9-16(4,5)6)13-11-14-10-12/h7H,13-14H2,1-6,12H3. The molecule has 0 aliphatic rings. The summed E-state index contributed by atoms with van der Waals surface area (Å²) in [5, 5.41) is 0. The van der Waals surface area contributed by atoms with Gasteiger partial charge in [0.1, 0.15) is 16.4 Å². The minimum Gasteiger partial charge on any atom is -0.449 e. The van der Waals surface area contributed by atoms with Gasteiger partial charge >= 0.3 is 0 Å². The molecule has 9 heteroatoms. The van der Waals surface area contributed by atoms with Gasteiger partial charge in [-0.3, -0.25) is 0 Å². The van der Waals surface area contributed by atoms with Crippen LogP contribution < -0.4 is 0 Å². The van der Waals surface area contributed by atoms with Crippen LogP contribution in [-0.2, 0) is 17.1 Å². The van der Waals surface area contributed by atoms with Crippen molar-refractivity contribution in [1.82, 2.24) is 0 Å². The van der Waals surface area contributed by atoms with Crippen LogP contribution in [0.5, 0.6) is 0 Å². The van der Waals surface area contributed by atoms with E-state index in [2.05, 4.69) is 39.3 Å². The molecule has 0 aliphatic heterocycles. The summed E-state index contributed by atoms with van der Waals surface area (Å²) in [5.74, 6) is -0.0670. The molecule has 16 heavy (non-hydrogen) atoms. The molecule has 0 unspecified atom stereocenters. The molecule has 0 amide bonds. The fraction of sp³-hybridized carbons (Fsp3) is 1.00. The molecule has 0 aromatic heterocycles. The van der Waals surface area contributed by atoms with E-state index in [1.165, 1.54) is 0 Å². The predicted molar refractivity (Wildman–Crippen MR) is 81.8 cm³/mol. The smallest absolute Gasteiger partial charge is 0.283 e. The Morgan fingerprint density at radius 2 is 1.38 bits per heavy atom. The molecule has 0 saturated heterocycles. The first kappa shape index (κ1) is 16.9. The molecule has 98 valence electrons. The van der Waals surface area contributed by atoms with Gasteiger partial charge in [-0.25, -0.2) is 0 Å². The summed E-state index contributed by atoms with van der Waals surface area (Å²) >= 11 is 0. The Kier molecular flexibility index (Phi) is 7.81. The van der Waals surface area contributed by atoms with Gasteiger partial charge in [-0.05, 0) is 39.3 Å². The Bertz CT molecular complexity index is 174. The molecule has 0 atom stereocenters. The Morgan fingerprint density at radius 3 is 1.69 bits per heavy atom. The minimum absolute atomic E-state index is 0.0670. The molecule has 0 aromatic rings. The molecule has 0 heterocycles. The Labute approximate surface area is 109 Å². The Hall–Kier alpha value is 0.924. The van der Waals surface area contributed by atoms with Crippen LogP contribution in [0.4, 0.5) is 0 Å². The average Bonchev–Trinajstić information content (AvgIpc) is 1.97. The predicted octanol–water partition coefficient (Wildman–Crippen LogP) is -0.631. The first-order chi connectivity index (χ1) is 7.14. The summed E-state index contributed by atoms with van der Waals surface area (Å²) in [6.07, 6.45) is 0. The monoisotopic (exact) mass is 314 g/mol. The van der Waals surface area contributed by atoms with Crippen molar-refractivity contribution in [2.75, 3.05) is 0 Å². The maximum atomic E-state index is 6.03. The quantitative estimate of drug-likeness (QED) is 0.340. The number of rotatable bonds is 8. The number of hydrogen-bond donors (Lipinski definition) is 0. The highest BCUT2D eigenvalue weighted by Gasteiger charge is 2.27. The number of hydrogen-bond acceptors (Lipinski definition) is 4. The van der Waals surface area contributed by atoms with Gasteiger partial charge in [0, 0.05) is 0 Å². The van der Waals surface area contributed by atoms with E-state index < -0.39 is 36.4 Å². The van der Waals surface area contributed by atoms with Crippen LogP contribution in [0.1, 0.15) is 0 Å². The van der Waals surface area contributed by atoms with Gasteiger partial charge in [-0.1, -0.05) is 0 Å². The maximum Gasteiger partial charge on any atom is 0.283 e. The first-order valence-corrected chi connectivity index (χ1v) is 15.7. The van der Waals surface area contributed by atoms with Gasteiger partial charge < -0.3 is 17.1 Å². The lowest BCUT2D eigenvalue weighted by atomic mass is 11.5. The summed E-state index contributed by atoms with van der Waals surface area (Å²) in [4.78, 5) is 0. The van der Waals surface area contributed by atoms with Crippen molar-refractivity contribution in [3.05, 3.63) is 0 Å². The zero-order chi connectivity index (χ0) is 12.8. The van der Waals surface area contributed by atoms with E-state index in [1.54, 1.807) is 0 Å². The minimum atomic E-state index is -1.55. The third kappa shape index (κ3) is 11.4. The molecular formula is C7H26O4Si5. The second-order valence-corrected chi connectivity index (χ2v) is 19.8. The lowest BCUT2D eigenvalue weighted by Gasteiger charge is -2.31. The van der Waals surface area contributed by atoms with Gasteiger partial charge in [-0.2, -0.15) is 0 Å². The van der Waals surface area contributed by atoms with E-state index in [0.717, 1.165) is 10.5 Å². The normalized spacial score (nSPS) is 15.2. The second-order valence-electron chi connectivity index (χ2n) is 5.67. The van der Waals surface area contributed by atoms with E-state index in [1.807, 2.05) is 0 Å². The molecule has 4 nitrogen and oxygen atoms in total. The van der Waals surface area contributed by atoms with Gasteiger partial charge in [0.25, 0.3) is 10.0 Å². The molecule has 0 fully saturated rings. The van der Waals surface area contributed by atoms with Crippen molar-refractivity contribution in [1.29, 1.82) is 0 Å². The largest absolute Gasteiger partial charge is 0.449 e. The van der Waals surface area contributed by atoms with Crippen LogP contribution in [0.3, 0.4) is 0 Å². The van der Waals surface area contributed by atoms with E-state index in [4.69, 9.17) is 17.1 Å². The molecule has 0 rings (SSSR count). The van der Waals surface area contributed by atoms with Crippen molar-refractivity contribution in [3.63, 3.8) is 0 Å². The van der Waals surface area contributed by atoms with Crippen molar-refractivity contribution in [2.45, 2.75) is 45.2 Å². The SMILES string of the molecule is C[Si](C)(C)OC(O[Si](C)(C)C)[SiH2]O[SiH2]O[SiH3]. The van der Waals surface area contributed by atoms with E-state index in [0.29, 0.717) is 0 Å². The fourth-order valence-electron chi connectivity index (χ4n) is 1.11. The van der Waals surface area contributed by atoms with Gasteiger partial charge in [0.05, 0.1) is 0 Å². The van der Waals surface area contributed by atoms with Crippen LogP contribution in [0.15, 0.2) is 0 Å². The third-order valence-corrected chi connectivity index (χ3v) is 7.19. The van der Waals surface area contributed by atoms with Crippen LogP contribution in [-0.4, -0.2) is 52.8 Å². The maximum absolute atomic E-state index is 6.03. The van der Waals surface area contributed by atoms with Crippen molar-refractivity contribution >= 4 is 46.9 Å². The van der Waals surface area contributed by atoms with E-state index in [-0.39, 0.29) is 5.91 Å². The third-order valence-electron chi connectivity index (χ3n) is 1.43. The van der Waals surface area contributed by atoms with Crippen LogP contribution in [0.25, 0.3) is 0 Å². The fourth-order valence-corrected chi connectivity index (χ4v) is 9.74. The summed E-state index contributed by atoms with van der Waals surface area (Å²) < 4.78 is 22.8. The summed E-state index contributed by atoms with van der Waals surface area (Å²) in [7, 11) is -3.81. The highest BCUT2D eigenvalue weighted by atomic mass is 28.4. The summed E-state index contributed by atoms with van der Waals surface area (Å²) in [6.45, 7) is 13.1. The van der Waals surface area contributed by atoms with Crippen LogP contribution in [0, 0.1) is 0 Å². The summed E-state index contributed by atoms with van der Waals surface area (Å²) in [5.41, 5.74) is 0.